The highest BCUT2D eigenvalue weighted by Gasteiger charge is 2.01. The van der Waals surface area contributed by atoms with Crippen LogP contribution in [0.25, 0.3) is 0 Å². The van der Waals surface area contributed by atoms with E-state index in [1.54, 1.807) is 6.07 Å². The van der Waals surface area contributed by atoms with Gasteiger partial charge in [0.15, 0.2) is 0 Å². The lowest BCUT2D eigenvalue weighted by atomic mass is 10.2. The van der Waals surface area contributed by atoms with E-state index >= 15 is 0 Å². The van der Waals surface area contributed by atoms with Crippen LogP contribution in [0, 0.1) is 18.3 Å². The van der Waals surface area contributed by atoms with Crippen LogP contribution in [-0.4, -0.2) is 25.1 Å². The molecule has 0 unspecified atom stereocenters. The molecule has 0 saturated heterocycles. The summed E-state index contributed by atoms with van der Waals surface area (Å²) in [6.45, 7) is 3.52. The van der Waals surface area contributed by atoms with Gasteiger partial charge in [0.05, 0.1) is 5.56 Å². The van der Waals surface area contributed by atoms with Gasteiger partial charge in [0.1, 0.15) is 11.9 Å². The van der Waals surface area contributed by atoms with E-state index < -0.39 is 0 Å². The van der Waals surface area contributed by atoms with E-state index in [9.17, 15) is 0 Å². The Labute approximate surface area is 84.0 Å². The van der Waals surface area contributed by atoms with Crippen molar-refractivity contribution in [1.29, 1.82) is 5.26 Å². The molecule has 4 heteroatoms. The molecule has 0 atom stereocenters. The summed E-state index contributed by atoms with van der Waals surface area (Å²) >= 11 is 0. The van der Waals surface area contributed by atoms with Gasteiger partial charge < -0.3 is 10.6 Å². The largest absolute Gasteiger partial charge is 0.368 e. The summed E-state index contributed by atoms with van der Waals surface area (Å²) in [6.07, 6.45) is 0. The minimum absolute atomic E-state index is 0.590. The molecule has 0 aliphatic heterocycles. The molecule has 14 heavy (non-hydrogen) atoms. The minimum Gasteiger partial charge on any atom is -0.368 e. The van der Waals surface area contributed by atoms with Gasteiger partial charge in [-0.1, -0.05) is 0 Å². The van der Waals surface area contributed by atoms with Crippen LogP contribution in [0.3, 0.4) is 0 Å². The Bertz CT molecular complexity index is 340. The van der Waals surface area contributed by atoms with Crippen LogP contribution in [0.4, 0.5) is 5.82 Å². The molecule has 0 aliphatic rings. The summed E-state index contributed by atoms with van der Waals surface area (Å²) in [5.41, 5.74) is 1.50. The van der Waals surface area contributed by atoms with E-state index in [-0.39, 0.29) is 0 Å². The molecule has 2 N–H and O–H groups in total. The Hall–Kier alpha value is -1.60. The molecule has 1 aromatic rings. The van der Waals surface area contributed by atoms with Gasteiger partial charge in [0.2, 0.25) is 0 Å². The molecule has 0 radical (unpaired) electrons. The molecule has 0 aromatic carbocycles. The van der Waals surface area contributed by atoms with Crippen molar-refractivity contribution in [2.45, 2.75) is 6.92 Å². The zero-order valence-electron chi connectivity index (χ0n) is 8.46. The second kappa shape index (κ2) is 5.20. The molecule has 0 bridgehead atoms. The van der Waals surface area contributed by atoms with E-state index in [1.165, 1.54) is 0 Å². The number of aryl methyl sites for hydroxylation is 1. The molecule has 1 heterocycles. The van der Waals surface area contributed by atoms with Gasteiger partial charge in [0.25, 0.3) is 0 Å². The zero-order valence-corrected chi connectivity index (χ0v) is 8.46. The maximum Gasteiger partial charge on any atom is 0.144 e. The topological polar surface area (TPSA) is 60.7 Å². The van der Waals surface area contributed by atoms with Crippen LogP contribution in [0.5, 0.6) is 0 Å². The number of anilines is 1. The Kier molecular flexibility index (Phi) is 3.89. The van der Waals surface area contributed by atoms with Crippen LogP contribution < -0.4 is 10.6 Å². The van der Waals surface area contributed by atoms with Crippen LogP contribution in [0.2, 0.25) is 0 Å². The third-order valence-corrected chi connectivity index (χ3v) is 1.82. The molecule has 0 aliphatic carbocycles. The number of likely N-dealkylation sites (N-methyl/N-ethyl adjacent to an activating group) is 1. The summed E-state index contributed by atoms with van der Waals surface area (Å²) < 4.78 is 0. The summed E-state index contributed by atoms with van der Waals surface area (Å²) in [4.78, 5) is 4.25. The average molecular weight is 190 g/mol. The molecular weight excluding hydrogens is 176 g/mol. The first kappa shape index (κ1) is 10.5. The van der Waals surface area contributed by atoms with Crippen molar-refractivity contribution in [3.63, 3.8) is 0 Å². The van der Waals surface area contributed by atoms with Crippen molar-refractivity contribution in [3.05, 3.63) is 23.4 Å². The fraction of sp³-hybridized carbons (Fsp3) is 0.400. The molecule has 1 rings (SSSR count). The van der Waals surface area contributed by atoms with Crippen molar-refractivity contribution in [3.8, 4) is 6.07 Å². The minimum atomic E-state index is 0.590. The molecular formula is C10H14N4. The van der Waals surface area contributed by atoms with Gasteiger partial charge in [-0.3, -0.25) is 0 Å². The van der Waals surface area contributed by atoms with Gasteiger partial charge in [-0.05, 0) is 26.1 Å². The summed E-state index contributed by atoms with van der Waals surface area (Å²) in [7, 11) is 1.89. The number of aromatic nitrogens is 1. The summed E-state index contributed by atoms with van der Waals surface area (Å²) in [5.74, 6) is 0.669. The third-order valence-electron chi connectivity index (χ3n) is 1.82. The van der Waals surface area contributed by atoms with Crippen molar-refractivity contribution < 1.29 is 0 Å². The van der Waals surface area contributed by atoms with Gasteiger partial charge in [-0.15, -0.1) is 0 Å². The molecule has 74 valence electrons. The second-order valence-corrected chi connectivity index (χ2v) is 2.99. The van der Waals surface area contributed by atoms with Crippen molar-refractivity contribution in [2.24, 2.45) is 0 Å². The van der Waals surface area contributed by atoms with Gasteiger partial charge in [0, 0.05) is 18.8 Å². The standard InChI is InChI=1S/C10H14N4/c1-8-3-4-9(7-11)10(14-8)13-6-5-12-2/h3-4,12H,5-6H2,1-2H3,(H,13,14). The SMILES string of the molecule is CNCCNc1nc(C)ccc1C#N. The van der Waals surface area contributed by atoms with Crippen molar-refractivity contribution in [1.82, 2.24) is 10.3 Å². The monoisotopic (exact) mass is 190 g/mol. The number of nitriles is 1. The Morgan fingerprint density at radius 3 is 2.86 bits per heavy atom. The number of rotatable bonds is 4. The fourth-order valence-corrected chi connectivity index (χ4v) is 1.09. The number of nitrogens with one attached hydrogen (secondary N) is 2. The van der Waals surface area contributed by atoms with Gasteiger partial charge in [-0.25, -0.2) is 4.98 Å². The number of hydrogen-bond acceptors (Lipinski definition) is 4. The first-order valence-corrected chi connectivity index (χ1v) is 4.54. The van der Waals surface area contributed by atoms with E-state index in [1.807, 2.05) is 20.0 Å². The molecule has 0 amide bonds. The Morgan fingerprint density at radius 2 is 2.21 bits per heavy atom. The maximum atomic E-state index is 8.82. The van der Waals surface area contributed by atoms with Gasteiger partial charge >= 0.3 is 0 Å². The smallest absolute Gasteiger partial charge is 0.144 e. The first-order valence-electron chi connectivity index (χ1n) is 4.54. The first-order chi connectivity index (χ1) is 6.77. The lowest BCUT2D eigenvalue weighted by Gasteiger charge is -2.07. The Morgan fingerprint density at radius 1 is 1.43 bits per heavy atom. The Balaban J connectivity index is 2.73. The quantitative estimate of drug-likeness (QED) is 0.692. The predicted octanol–water partition coefficient (Wildman–Crippen LogP) is 0.893. The molecule has 0 fully saturated rings. The van der Waals surface area contributed by atoms with E-state index in [2.05, 4.69) is 21.7 Å². The average Bonchev–Trinajstić information content (AvgIpc) is 2.19. The third kappa shape index (κ3) is 2.71. The molecule has 0 saturated carbocycles. The molecule has 1 aromatic heterocycles. The van der Waals surface area contributed by atoms with E-state index in [0.29, 0.717) is 11.4 Å². The number of hydrogen-bond donors (Lipinski definition) is 2. The maximum absolute atomic E-state index is 8.82. The molecule has 0 spiro atoms. The highest BCUT2D eigenvalue weighted by Crippen LogP contribution is 2.11. The van der Waals surface area contributed by atoms with E-state index in [0.717, 1.165) is 18.8 Å². The van der Waals surface area contributed by atoms with Gasteiger partial charge in [-0.2, -0.15) is 5.26 Å². The summed E-state index contributed by atoms with van der Waals surface area (Å²) in [5, 5.41) is 14.9. The number of nitrogens with zero attached hydrogens (tertiary/aromatic N) is 2. The lowest BCUT2D eigenvalue weighted by molar-refractivity contribution is 0.820. The van der Waals surface area contributed by atoms with Crippen LogP contribution in [0.1, 0.15) is 11.3 Å². The van der Waals surface area contributed by atoms with Crippen LogP contribution in [0.15, 0.2) is 12.1 Å². The lowest BCUT2D eigenvalue weighted by Crippen LogP contribution is -2.18. The number of pyridine rings is 1. The van der Waals surface area contributed by atoms with Crippen LogP contribution in [-0.2, 0) is 0 Å². The predicted molar refractivity (Wildman–Crippen MR) is 56.1 cm³/mol. The highest BCUT2D eigenvalue weighted by molar-refractivity contribution is 5.52. The second-order valence-electron chi connectivity index (χ2n) is 2.99. The zero-order chi connectivity index (χ0) is 10.4. The van der Waals surface area contributed by atoms with Crippen molar-refractivity contribution in [2.75, 3.05) is 25.5 Å². The summed E-state index contributed by atoms with van der Waals surface area (Å²) in [6, 6.07) is 5.72. The van der Waals surface area contributed by atoms with E-state index in [4.69, 9.17) is 5.26 Å². The normalized spacial score (nSPS) is 9.50. The highest BCUT2D eigenvalue weighted by atomic mass is 15.0. The van der Waals surface area contributed by atoms with Crippen molar-refractivity contribution >= 4 is 5.82 Å². The van der Waals surface area contributed by atoms with Crippen LogP contribution >= 0.6 is 0 Å². The molecule has 4 nitrogen and oxygen atoms in total. The fourth-order valence-electron chi connectivity index (χ4n) is 1.09.